The van der Waals surface area contributed by atoms with Gasteiger partial charge < -0.3 is 0 Å². The summed E-state index contributed by atoms with van der Waals surface area (Å²) in [5, 5.41) is 12.2. The van der Waals surface area contributed by atoms with Crippen LogP contribution in [0.5, 0.6) is 0 Å². The summed E-state index contributed by atoms with van der Waals surface area (Å²) in [6, 6.07) is 6.30. The van der Waals surface area contributed by atoms with Gasteiger partial charge in [-0.15, -0.1) is 0 Å². The summed E-state index contributed by atoms with van der Waals surface area (Å²) in [6.45, 7) is 3.41. The van der Waals surface area contributed by atoms with Gasteiger partial charge in [0.25, 0.3) is 5.69 Å². The molecule has 0 saturated heterocycles. The highest BCUT2D eigenvalue weighted by atomic mass is 16.7. The van der Waals surface area contributed by atoms with E-state index in [0.29, 0.717) is 19.7 Å². The van der Waals surface area contributed by atoms with Crippen LogP contribution in [0.4, 0.5) is 5.69 Å². The Morgan fingerprint density at radius 1 is 1.50 bits per heavy atom. The van der Waals surface area contributed by atoms with Crippen LogP contribution in [0.25, 0.3) is 0 Å². The first-order valence-corrected chi connectivity index (χ1v) is 5.52. The van der Waals surface area contributed by atoms with E-state index in [1.54, 1.807) is 17.2 Å². The third kappa shape index (κ3) is 3.04. The van der Waals surface area contributed by atoms with E-state index in [4.69, 9.17) is 4.84 Å². The van der Waals surface area contributed by atoms with Crippen molar-refractivity contribution in [2.45, 2.75) is 13.5 Å². The van der Waals surface area contributed by atoms with E-state index in [1.807, 2.05) is 6.92 Å². The van der Waals surface area contributed by atoms with Crippen molar-refractivity contribution in [3.63, 3.8) is 0 Å². The lowest BCUT2D eigenvalue weighted by Crippen LogP contribution is -2.34. The highest BCUT2D eigenvalue weighted by Gasteiger charge is 2.12. The van der Waals surface area contributed by atoms with Gasteiger partial charge >= 0.3 is 0 Å². The number of hydrogen-bond acceptors (Lipinski definition) is 5. The highest BCUT2D eigenvalue weighted by molar-refractivity contribution is 5.79. The Kier molecular flexibility index (Phi) is 3.88. The lowest BCUT2D eigenvalue weighted by molar-refractivity contribution is -0.384. The quantitative estimate of drug-likeness (QED) is 0.601. The summed E-state index contributed by atoms with van der Waals surface area (Å²) in [6.07, 6.45) is 3.05. The zero-order chi connectivity index (χ0) is 13.0. The number of nitrogens with zero attached hydrogens (tertiary/aromatic N) is 3. The maximum absolute atomic E-state index is 10.5. The van der Waals surface area contributed by atoms with Crippen LogP contribution in [-0.2, 0) is 11.4 Å². The summed E-state index contributed by atoms with van der Waals surface area (Å²) >= 11 is 0. The number of amidine groups is 1. The minimum absolute atomic E-state index is 0.0798. The van der Waals surface area contributed by atoms with E-state index in [0.717, 1.165) is 11.4 Å². The van der Waals surface area contributed by atoms with Crippen molar-refractivity contribution in [3.8, 4) is 0 Å². The number of rotatable bonds is 4. The second-order valence-electron chi connectivity index (χ2n) is 3.85. The van der Waals surface area contributed by atoms with Gasteiger partial charge in [0, 0.05) is 25.1 Å². The van der Waals surface area contributed by atoms with Crippen molar-refractivity contribution < 1.29 is 9.76 Å². The molecule has 0 aliphatic carbocycles. The minimum atomic E-state index is -0.421. The maximum Gasteiger partial charge on any atom is 0.269 e. The van der Waals surface area contributed by atoms with E-state index in [2.05, 4.69) is 11.4 Å². The van der Waals surface area contributed by atoms with Crippen LogP contribution in [0.2, 0.25) is 0 Å². The molecule has 0 bridgehead atoms. The van der Waals surface area contributed by atoms with Crippen molar-refractivity contribution in [1.29, 1.82) is 0 Å². The van der Waals surface area contributed by atoms with Crippen molar-refractivity contribution in [2.24, 2.45) is 4.99 Å². The Hall–Kier alpha value is -1.95. The highest BCUT2D eigenvalue weighted by Crippen LogP contribution is 2.13. The first-order valence-electron chi connectivity index (χ1n) is 5.52. The van der Waals surface area contributed by atoms with Crippen molar-refractivity contribution >= 4 is 11.5 Å². The minimum Gasteiger partial charge on any atom is -0.270 e. The third-order valence-electron chi connectivity index (χ3n) is 2.57. The molecule has 94 valence electrons. The Balaban J connectivity index is 1.92. The van der Waals surface area contributed by atoms with Gasteiger partial charge in [-0.3, -0.25) is 19.9 Å². The summed E-state index contributed by atoms with van der Waals surface area (Å²) in [5.41, 5.74) is 0.954. The summed E-state index contributed by atoms with van der Waals surface area (Å²) in [5.74, 6) is 0.815. The molecule has 0 unspecified atom stereocenters. The number of nitro groups is 1. The standard InChI is InChI=1S/C12H13N3O3/c1-10-13-7-2-8-14(10)18-9-11-3-5-12(6-4-11)15(16)17/h3-6H,7-9H2,1H3. The molecule has 1 heterocycles. The summed E-state index contributed by atoms with van der Waals surface area (Å²) in [4.78, 5) is 19.8. The van der Waals surface area contributed by atoms with Crippen LogP contribution in [-0.4, -0.2) is 28.9 Å². The number of aliphatic imine (C=N–C) groups is 1. The Morgan fingerprint density at radius 3 is 2.83 bits per heavy atom. The van der Waals surface area contributed by atoms with E-state index in [9.17, 15) is 10.1 Å². The van der Waals surface area contributed by atoms with Crippen LogP contribution in [0.15, 0.2) is 29.3 Å². The van der Waals surface area contributed by atoms with E-state index < -0.39 is 4.92 Å². The Morgan fingerprint density at radius 2 is 2.22 bits per heavy atom. The lowest BCUT2D eigenvalue weighted by Gasteiger charge is -2.25. The first kappa shape index (κ1) is 12.5. The molecule has 2 rings (SSSR count). The normalized spacial score (nSPS) is 15.4. The fourth-order valence-corrected chi connectivity index (χ4v) is 1.52. The van der Waals surface area contributed by atoms with E-state index in [1.165, 1.54) is 12.1 Å². The maximum atomic E-state index is 10.5. The van der Waals surface area contributed by atoms with Gasteiger partial charge in [-0.05, 0) is 24.6 Å². The molecule has 1 aliphatic heterocycles. The Labute approximate surface area is 105 Å². The molecule has 0 amide bonds. The van der Waals surface area contributed by atoms with Crippen LogP contribution < -0.4 is 0 Å². The van der Waals surface area contributed by atoms with Gasteiger partial charge in [-0.25, -0.2) is 5.06 Å². The monoisotopic (exact) mass is 247 g/mol. The van der Waals surface area contributed by atoms with Gasteiger partial charge in [0.05, 0.1) is 18.1 Å². The molecule has 1 aromatic rings. The third-order valence-corrected chi connectivity index (χ3v) is 2.57. The molecule has 0 N–H and O–H groups in total. The second-order valence-corrected chi connectivity index (χ2v) is 3.85. The SMILES string of the molecule is CC1=NC[C]CN1OCc1ccc([N+](=O)[O-])cc1. The second kappa shape index (κ2) is 5.59. The van der Waals surface area contributed by atoms with E-state index in [-0.39, 0.29) is 5.69 Å². The van der Waals surface area contributed by atoms with Gasteiger partial charge in [0.15, 0.2) is 0 Å². The molecule has 0 saturated carbocycles. The molecule has 0 aromatic heterocycles. The van der Waals surface area contributed by atoms with E-state index >= 15 is 0 Å². The fraction of sp³-hybridized carbons (Fsp3) is 0.333. The van der Waals surface area contributed by atoms with Crippen LogP contribution in [0, 0.1) is 16.5 Å². The fourth-order valence-electron chi connectivity index (χ4n) is 1.52. The molecular weight excluding hydrogens is 234 g/mol. The predicted octanol–water partition coefficient (Wildman–Crippen LogP) is 1.84. The number of non-ortho nitro benzene ring substituents is 1. The first-order chi connectivity index (χ1) is 8.66. The summed E-state index contributed by atoms with van der Waals surface area (Å²) < 4.78 is 0. The Bertz CT molecular complexity index is 456. The van der Waals surface area contributed by atoms with Crippen molar-refractivity contribution in [2.75, 3.05) is 13.1 Å². The van der Waals surface area contributed by atoms with Gasteiger partial charge in [-0.1, -0.05) is 0 Å². The number of benzene rings is 1. The number of nitro benzene ring substituents is 1. The average molecular weight is 247 g/mol. The molecule has 0 spiro atoms. The molecule has 18 heavy (non-hydrogen) atoms. The molecule has 6 heteroatoms. The number of hydrogen-bond donors (Lipinski definition) is 0. The molecule has 1 aliphatic rings. The lowest BCUT2D eigenvalue weighted by atomic mass is 10.2. The average Bonchev–Trinajstić information content (AvgIpc) is 2.38. The molecule has 1 aromatic carbocycles. The summed E-state index contributed by atoms with van der Waals surface area (Å²) in [7, 11) is 0. The van der Waals surface area contributed by atoms with Crippen molar-refractivity contribution in [3.05, 3.63) is 46.4 Å². The molecule has 6 nitrogen and oxygen atoms in total. The largest absolute Gasteiger partial charge is 0.270 e. The molecule has 2 radical (unpaired) electrons. The molecule has 0 fully saturated rings. The zero-order valence-corrected chi connectivity index (χ0v) is 10.00. The molecule has 0 atom stereocenters. The van der Waals surface area contributed by atoms with Gasteiger partial charge in [-0.2, -0.15) is 0 Å². The van der Waals surface area contributed by atoms with Crippen LogP contribution in [0.1, 0.15) is 12.5 Å². The molecular formula is C12H13N3O3. The van der Waals surface area contributed by atoms with Gasteiger partial charge in [0.1, 0.15) is 5.84 Å². The van der Waals surface area contributed by atoms with Crippen molar-refractivity contribution in [1.82, 2.24) is 5.06 Å². The number of hydroxylamine groups is 2. The zero-order valence-electron chi connectivity index (χ0n) is 10.00. The van der Waals surface area contributed by atoms with Crippen LogP contribution >= 0.6 is 0 Å². The van der Waals surface area contributed by atoms with Gasteiger partial charge in [0.2, 0.25) is 0 Å². The predicted molar refractivity (Wildman–Crippen MR) is 65.8 cm³/mol. The smallest absolute Gasteiger partial charge is 0.269 e. The van der Waals surface area contributed by atoms with Crippen LogP contribution in [0.3, 0.4) is 0 Å². The topological polar surface area (TPSA) is 68.0 Å².